The van der Waals surface area contributed by atoms with E-state index in [0.717, 1.165) is 41.2 Å². The average Bonchev–Trinajstić information content (AvgIpc) is 2.56. The van der Waals surface area contributed by atoms with Crippen LogP contribution >= 0.6 is 0 Å². The molecule has 0 spiro atoms. The average molecular weight is 312 g/mol. The highest BCUT2D eigenvalue weighted by Crippen LogP contribution is 2.23. The van der Waals surface area contributed by atoms with Gasteiger partial charge in [-0.05, 0) is 47.0 Å². The fourth-order valence-electron chi connectivity index (χ4n) is 2.50. The molecule has 2 rings (SSSR count). The number of rotatable bonds is 9. The van der Waals surface area contributed by atoms with Gasteiger partial charge in [0.15, 0.2) is 0 Å². The molecule has 0 amide bonds. The lowest BCUT2D eigenvalue weighted by molar-refractivity contribution is -0.131. The Balaban J connectivity index is 1.94. The maximum absolute atomic E-state index is 10.6. The molecular formula is C20H24O3. The Kier molecular flexibility index (Phi) is 6.67. The first-order chi connectivity index (χ1) is 11.2. The van der Waals surface area contributed by atoms with Crippen LogP contribution in [0, 0.1) is 0 Å². The van der Waals surface area contributed by atoms with E-state index in [1.165, 1.54) is 25.7 Å². The minimum Gasteiger partial charge on any atom is -0.494 e. The Hall–Kier alpha value is -2.29. The molecule has 122 valence electrons. The van der Waals surface area contributed by atoms with Crippen LogP contribution in [0.25, 0.3) is 16.8 Å². The molecule has 0 bridgehead atoms. The fraction of sp³-hybridized carbons (Fsp3) is 0.350. The smallest absolute Gasteiger partial charge is 0.328 e. The molecule has 3 heteroatoms. The highest BCUT2D eigenvalue weighted by molar-refractivity contribution is 5.89. The van der Waals surface area contributed by atoms with E-state index in [2.05, 4.69) is 6.92 Å². The van der Waals surface area contributed by atoms with E-state index in [9.17, 15) is 4.79 Å². The number of carbonyl (C=O) groups is 1. The molecule has 0 aliphatic heterocycles. The lowest BCUT2D eigenvalue weighted by Gasteiger charge is -2.08. The topological polar surface area (TPSA) is 46.5 Å². The molecule has 3 nitrogen and oxygen atoms in total. The van der Waals surface area contributed by atoms with Crippen LogP contribution in [0.3, 0.4) is 0 Å². The first kappa shape index (κ1) is 17.1. The normalized spacial score (nSPS) is 11.2. The Labute approximate surface area is 137 Å². The van der Waals surface area contributed by atoms with Crippen molar-refractivity contribution in [1.82, 2.24) is 0 Å². The third kappa shape index (κ3) is 5.78. The zero-order chi connectivity index (χ0) is 16.5. The Morgan fingerprint density at radius 3 is 2.57 bits per heavy atom. The zero-order valence-corrected chi connectivity index (χ0v) is 13.6. The van der Waals surface area contributed by atoms with E-state index in [1.807, 2.05) is 36.4 Å². The predicted molar refractivity (Wildman–Crippen MR) is 94.9 cm³/mol. The van der Waals surface area contributed by atoms with Crippen molar-refractivity contribution in [3.05, 3.63) is 48.0 Å². The summed E-state index contributed by atoms with van der Waals surface area (Å²) in [6.07, 6.45) is 8.91. The van der Waals surface area contributed by atoms with Gasteiger partial charge in [-0.2, -0.15) is 0 Å². The van der Waals surface area contributed by atoms with Crippen molar-refractivity contribution >= 4 is 22.8 Å². The molecule has 0 unspecified atom stereocenters. The van der Waals surface area contributed by atoms with Crippen molar-refractivity contribution in [3.63, 3.8) is 0 Å². The molecule has 0 aliphatic carbocycles. The number of carboxylic acids is 1. The summed E-state index contributed by atoms with van der Waals surface area (Å²) in [6.45, 7) is 2.98. The fourth-order valence-corrected chi connectivity index (χ4v) is 2.50. The van der Waals surface area contributed by atoms with Gasteiger partial charge >= 0.3 is 5.97 Å². The number of carboxylic acid groups (broad SMARTS) is 1. The number of ether oxygens (including phenoxy) is 1. The summed E-state index contributed by atoms with van der Waals surface area (Å²) in [4.78, 5) is 10.6. The van der Waals surface area contributed by atoms with Gasteiger partial charge in [0.25, 0.3) is 0 Å². The van der Waals surface area contributed by atoms with Crippen LogP contribution in [-0.2, 0) is 4.79 Å². The van der Waals surface area contributed by atoms with E-state index in [-0.39, 0.29) is 0 Å². The maximum Gasteiger partial charge on any atom is 0.328 e. The number of aliphatic carboxylic acids is 1. The van der Waals surface area contributed by atoms with Gasteiger partial charge in [-0.1, -0.05) is 50.8 Å². The summed E-state index contributed by atoms with van der Waals surface area (Å²) >= 11 is 0. The van der Waals surface area contributed by atoms with Gasteiger partial charge in [0.2, 0.25) is 0 Å². The van der Waals surface area contributed by atoms with E-state index < -0.39 is 5.97 Å². The van der Waals surface area contributed by atoms with Crippen molar-refractivity contribution in [2.75, 3.05) is 6.61 Å². The van der Waals surface area contributed by atoms with Crippen molar-refractivity contribution in [2.45, 2.75) is 39.0 Å². The highest BCUT2D eigenvalue weighted by Gasteiger charge is 1.99. The summed E-state index contributed by atoms with van der Waals surface area (Å²) in [5, 5.41) is 10.8. The number of benzene rings is 2. The summed E-state index contributed by atoms with van der Waals surface area (Å²) in [7, 11) is 0. The molecule has 0 heterocycles. The van der Waals surface area contributed by atoms with Crippen LogP contribution in [0.1, 0.15) is 44.6 Å². The molecule has 0 saturated heterocycles. The lowest BCUT2D eigenvalue weighted by atomic mass is 10.1. The highest BCUT2D eigenvalue weighted by atomic mass is 16.5. The minimum atomic E-state index is -0.937. The second-order valence-corrected chi connectivity index (χ2v) is 5.70. The SMILES string of the molecule is CCCCCCCOc1ccc2cc(/C=C/C(=O)O)ccc2c1. The van der Waals surface area contributed by atoms with Crippen molar-refractivity contribution in [2.24, 2.45) is 0 Å². The summed E-state index contributed by atoms with van der Waals surface area (Å²) in [5.74, 6) is -0.0467. The molecule has 0 saturated carbocycles. The molecular weight excluding hydrogens is 288 g/mol. The monoisotopic (exact) mass is 312 g/mol. The van der Waals surface area contributed by atoms with Crippen LogP contribution in [-0.4, -0.2) is 17.7 Å². The third-order valence-electron chi connectivity index (χ3n) is 3.77. The number of hydrogen-bond donors (Lipinski definition) is 1. The first-order valence-electron chi connectivity index (χ1n) is 8.26. The number of fused-ring (bicyclic) bond motifs is 1. The lowest BCUT2D eigenvalue weighted by Crippen LogP contribution is -1.97. The van der Waals surface area contributed by atoms with E-state index in [1.54, 1.807) is 6.08 Å². The van der Waals surface area contributed by atoms with E-state index in [4.69, 9.17) is 9.84 Å². The van der Waals surface area contributed by atoms with Gasteiger partial charge in [0, 0.05) is 6.08 Å². The molecule has 2 aromatic carbocycles. The van der Waals surface area contributed by atoms with Crippen molar-refractivity contribution < 1.29 is 14.6 Å². The van der Waals surface area contributed by atoms with Crippen LogP contribution in [0.2, 0.25) is 0 Å². The Morgan fingerprint density at radius 2 is 1.78 bits per heavy atom. The second kappa shape index (κ2) is 8.99. The molecule has 0 atom stereocenters. The van der Waals surface area contributed by atoms with Gasteiger partial charge in [-0.3, -0.25) is 0 Å². The number of unbranched alkanes of at least 4 members (excludes halogenated alkanes) is 4. The van der Waals surface area contributed by atoms with Crippen LogP contribution in [0.4, 0.5) is 0 Å². The summed E-state index contributed by atoms with van der Waals surface area (Å²) < 4.78 is 5.81. The molecule has 0 fully saturated rings. The molecule has 2 aromatic rings. The minimum absolute atomic E-state index is 0.759. The van der Waals surface area contributed by atoms with Gasteiger partial charge in [0.05, 0.1) is 6.61 Å². The molecule has 0 aromatic heterocycles. The van der Waals surface area contributed by atoms with Gasteiger partial charge in [0.1, 0.15) is 5.75 Å². The molecule has 23 heavy (non-hydrogen) atoms. The van der Waals surface area contributed by atoms with Crippen LogP contribution in [0.15, 0.2) is 42.5 Å². The van der Waals surface area contributed by atoms with Crippen molar-refractivity contribution in [1.29, 1.82) is 0 Å². The molecule has 0 radical (unpaired) electrons. The van der Waals surface area contributed by atoms with Crippen LogP contribution < -0.4 is 4.74 Å². The Bertz CT molecular complexity index is 674. The van der Waals surface area contributed by atoms with Crippen LogP contribution in [0.5, 0.6) is 5.75 Å². The maximum atomic E-state index is 10.6. The molecule has 1 N–H and O–H groups in total. The quantitative estimate of drug-likeness (QED) is 0.505. The zero-order valence-electron chi connectivity index (χ0n) is 13.6. The summed E-state index contributed by atoms with van der Waals surface area (Å²) in [5.41, 5.74) is 0.879. The van der Waals surface area contributed by atoms with E-state index >= 15 is 0 Å². The number of hydrogen-bond acceptors (Lipinski definition) is 2. The second-order valence-electron chi connectivity index (χ2n) is 5.70. The van der Waals surface area contributed by atoms with Gasteiger partial charge < -0.3 is 9.84 Å². The van der Waals surface area contributed by atoms with Gasteiger partial charge in [-0.15, -0.1) is 0 Å². The van der Waals surface area contributed by atoms with E-state index in [0.29, 0.717) is 0 Å². The predicted octanol–water partition coefficient (Wildman–Crippen LogP) is 5.29. The first-order valence-corrected chi connectivity index (χ1v) is 8.26. The van der Waals surface area contributed by atoms with Gasteiger partial charge in [-0.25, -0.2) is 4.79 Å². The third-order valence-corrected chi connectivity index (χ3v) is 3.77. The largest absolute Gasteiger partial charge is 0.494 e. The summed E-state index contributed by atoms with van der Waals surface area (Å²) in [6, 6.07) is 11.9. The standard InChI is InChI=1S/C20H24O3/c1-2-3-4-5-6-13-23-19-11-10-17-14-16(8-12-20(21)22)7-9-18(17)15-19/h7-12,14-15H,2-6,13H2,1H3,(H,21,22)/b12-8+. The van der Waals surface area contributed by atoms with Crippen molar-refractivity contribution in [3.8, 4) is 5.75 Å². The Morgan fingerprint density at radius 1 is 1.04 bits per heavy atom. The molecule has 0 aliphatic rings.